The standard InChI is InChI=1S/C14H7ClFNO3/c15-8-5-10-11(17-6-8)12(18)13(19)14(20-10)7-1-3-9(16)4-2-7/h1-6,19H. The molecular formula is C14H7ClFNO3. The molecule has 0 atom stereocenters. The Labute approximate surface area is 117 Å². The lowest BCUT2D eigenvalue weighted by molar-refractivity contribution is 0.448. The molecule has 3 aromatic rings. The van der Waals surface area contributed by atoms with Gasteiger partial charge in [0.05, 0.1) is 5.02 Å². The van der Waals surface area contributed by atoms with Crippen LogP contribution in [0.15, 0.2) is 45.7 Å². The van der Waals surface area contributed by atoms with E-state index in [1.54, 1.807) is 0 Å². The molecule has 3 rings (SSSR count). The second kappa shape index (κ2) is 4.61. The van der Waals surface area contributed by atoms with E-state index in [9.17, 15) is 14.3 Å². The number of rotatable bonds is 1. The quantitative estimate of drug-likeness (QED) is 0.747. The maximum Gasteiger partial charge on any atom is 0.253 e. The second-order valence-electron chi connectivity index (χ2n) is 4.12. The van der Waals surface area contributed by atoms with Crippen LogP contribution in [0.25, 0.3) is 22.4 Å². The van der Waals surface area contributed by atoms with Crippen molar-refractivity contribution in [3.8, 4) is 17.1 Å². The van der Waals surface area contributed by atoms with E-state index in [2.05, 4.69) is 4.98 Å². The molecule has 0 bridgehead atoms. The van der Waals surface area contributed by atoms with E-state index in [0.29, 0.717) is 10.6 Å². The molecule has 0 aliphatic heterocycles. The normalized spacial score (nSPS) is 10.9. The minimum atomic E-state index is -0.665. The molecule has 0 aliphatic carbocycles. The minimum Gasteiger partial charge on any atom is -0.501 e. The Morgan fingerprint density at radius 2 is 1.95 bits per heavy atom. The Kier molecular flexibility index (Phi) is 2.91. The zero-order valence-corrected chi connectivity index (χ0v) is 10.7. The average Bonchev–Trinajstić information content (AvgIpc) is 2.44. The predicted octanol–water partition coefficient (Wildman–Crippen LogP) is 3.35. The van der Waals surface area contributed by atoms with Crippen molar-refractivity contribution in [2.75, 3.05) is 0 Å². The number of aromatic hydroxyl groups is 1. The highest BCUT2D eigenvalue weighted by Gasteiger charge is 2.16. The molecule has 0 fully saturated rings. The molecule has 0 unspecified atom stereocenters. The Hall–Kier alpha value is -2.40. The molecule has 100 valence electrons. The number of halogens is 2. The number of aromatic nitrogens is 1. The lowest BCUT2D eigenvalue weighted by Gasteiger charge is -2.05. The van der Waals surface area contributed by atoms with Gasteiger partial charge >= 0.3 is 0 Å². The molecule has 1 aromatic carbocycles. The third kappa shape index (κ3) is 2.02. The van der Waals surface area contributed by atoms with Crippen molar-refractivity contribution in [3.05, 3.63) is 57.6 Å². The molecule has 0 aliphatic rings. The van der Waals surface area contributed by atoms with Crippen molar-refractivity contribution < 1.29 is 13.9 Å². The van der Waals surface area contributed by atoms with Gasteiger partial charge in [0.2, 0.25) is 5.75 Å². The van der Waals surface area contributed by atoms with Crippen LogP contribution in [0.4, 0.5) is 4.39 Å². The van der Waals surface area contributed by atoms with Crippen LogP contribution >= 0.6 is 11.6 Å². The lowest BCUT2D eigenvalue weighted by atomic mass is 10.1. The topological polar surface area (TPSA) is 63.3 Å². The monoisotopic (exact) mass is 291 g/mol. The summed E-state index contributed by atoms with van der Waals surface area (Å²) in [6.45, 7) is 0. The number of benzene rings is 1. The molecule has 6 heteroatoms. The number of nitrogens with zero attached hydrogens (tertiary/aromatic N) is 1. The maximum absolute atomic E-state index is 12.9. The van der Waals surface area contributed by atoms with Gasteiger partial charge in [-0.25, -0.2) is 9.37 Å². The first-order valence-electron chi connectivity index (χ1n) is 5.63. The van der Waals surface area contributed by atoms with Crippen LogP contribution in [0.3, 0.4) is 0 Å². The number of pyridine rings is 1. The van der Waals surface area contributed by atoms with Crippen LogP contribution in [0.1, 0.15) is 0 Å². The van der Waals surface area contributed by atoms with Crippen molar-refractivity contribution >= 4 is 22.7 Å². The first-order chi connectivity index (χ1) is 9.56. The van der Waals surface area contributed by atoms with E-state index >= 15 is 0 Å². The highest BCUT2D eigenvalue weighted by molar-refractivity contribution is 6.31. The predicted molar refractivity (Wildman–Crippen MR) is 72.3 cm³/mol. The molecule has 0 saturated carbocycles. The van der Waals surface area contributed by atoms with Gasteiger partial charge < -0.3 is 9.52 Å². The van der Waals surface area contributed by atoms with Gasteiger partial charge in [-0.05, 0) is 24.3 Å². The van der Waals surface area contributed by atoms with E-state index in [-0.39, 0.29) is 16.9 Å². The van der Waals surface area contributed by atoms with Crippen LogP contribution < -0.4 is 5.43 Å². The molecule has 0 spiro atoms. The van der Waals surface area contributed by atoms with Crippen molar-refractivity contribution in [1.82, 2.24) is 4.98 Å². The molecule has 2 heterocycles. The SMILES string of the molecule is O=c1c(O)c(-c2ccc(F)cc2)oc2cc(Cl)cnc12. The Bertz CT molecular complexity index is 859. The summed E-state index contributed by atoms with van der Waals surface area (Å²) in [6, 6.07) is 6.64. The molecule has 0 saturated heterocycles. The van der Waals surface area contributed by atoms with Crippen molar-refractivity contribution in [1.29, 1.82) is 0 Å². The molecule has 0 radical (unpaired) electrons. The molecule has 0 amide bonds. The Morgan fingerprint density at radius 1 is 1.25 bits per heavy atom. The largest absolute Gasteiger partial charge is 0.501 e. The van der Waals surface area contributed by atoms with E-state index in [4.69, 9.17) is 16.0 Å². The molecule has 20 heavy (non-hydrogen) atoms. The van der Waals surface area contributed by atoms with Gasteiger partial charge in [0.15, 0.2) is 16.9 Å². The summed E-state index contributed by atoms with van der Waals surface area (Å²) in [5.41, 5.74) is -0.150. The summed E-state index contributed by atoms with van der Waals surface area (Å²) in [4.78, 5) is 15.8. The summed E-state index contributed by atoms with van der Waals surface area (Å²) in [5, 5.41) is 10.2. The summed E-state index contributed by atoms with van der Waals surface area (Å²) >= 11 is 5.79. The van der Waals surface area contributed by atoms with Gasteiger partial charge in [0, 0.05) is 17.8 Å². The van der Waals surface area contributed by atoms with Crippen LogP contribution in [-0.4, -0.2) is 10.1 Å². The fourth-order valence-corrected chi connectivity index (χ4v) is 1.99. The van der Waals surface area contributed by atoms with Crippen molar-refractivity contribution in [2.45, 2.75) is 0 Å². The second-order valence-corrected chi connectivity index (χ2v) is 4.55. The molecule has 2 aromatic heterocycles. The van der Waals surface area contributed by atoms with Crippen LogP contribution in [0.5, 0.6) is 5.75 Å². The number of hydrogen-bond acceptors (Lipinski definition) is 4. The minimum absolute atomic E-state index is 0.0160. The summed E-state index contributed by atoms with van der Waals surface area (Å²) in [5.74, 6) is -1.05. The lowest BCUT2D eigenvalue weighted by Crippen LogP contribution is -2.04. The Morgan fingerprint density at radius 3 is 2.65 bits per heavy atom. The van der Waals surface area contributed by atoms with Gasteiger partial charge in [-0.15, -0.1) is 0 Å². The highest BCUT2D eigenvalue weighted by Crippen LogP contribution is 2.30. The summed E-state index contributed by atoms with van der Waals surface area (Å²) in [6.07, 6.45) is 1.29. The van der Waals surface area contributed by atoms with E-state index in [0.717, 1.165) is 0 Å². The Balaban J connectivity index is 2.33. The zero-order valence-electron chi connectivity index (χ0n) is 9.93. The average molecular weight is 292 g/mol. The van der Waals surface area contributed by atoms with E-state index in [1.165, 1.54) is 36.5 Å². The fourth-order valence-electron chi connectivity index (χ4n) is 1.84. The van der Waals surface area contributed by atoms with Crippen LogP contribution in [-0.2, 0) is 0 Å². The maximum atomic E-state index is 12.9. The van der Waals surface area contributed by atoms with Crippen molar-refractivity contribution in [3.63, 3.8) is 0 Å². The molecular weight excluding hydrogens is 285 g/mol. The van der Waals surface area contributed by atoms with E-state index in [1.807, 2.05) is 0 Å². The smallest absolute Gasteiger partial charge is 0.253 e. The van der Waals surface area contributed by atoms with Gasteiger partial charge in [0.1, 0.15) is 5.82 Å². The summed E-state index contributed by atoms with van der Waals surface area (Å²) in [7, 11) is 0. The fraction of sp³-hybridized carbons (Fsp3) is 0. The van der Waals surface area contributed by atoms with Gasteiger partial charge in [-0.3, -0.25) is 4.79 Å². The first kappa shape index (κ1) is 12.6. The first-order valence-corrected chi connectivity index (χ1v) is 6.01. The molecule has 4 nitrogen and oxygen atoms in total. The van der Waals surface area contributed by atoms with Gasteiger partial charge in [-0.1, -0.05) is 11.6 Å². The molecule has 1 N–H and O–H groups in total. The third-order valence-corrected chi connectivity index (χ3v) is 2.99. The third-order valence-electron chi connectivity index (χ3n) is 2.78. The number of fused-ring (bicyclic) bond motifs is 1. The van der Waals surface area contributed by atoms with Crippen LogP contribution in [0.2, 0.25) is 5.02 Å². The van der Waals surface area contributed by atoms with Crippen molar-refractivity contribution in [2.24, 2.45) is 0 Å². The van der Waals surface area contributed by atoms with E-state index < -0.39 is 17.0 Å². The van der Waals surface area contributed by atoms with Gasteiger partial charge in [0.25, 0.3) is 5.43 Å². The number of hydrogen-bond donors (Lipinski definition) is 1. The van der Waals surface area contributed by atoms with Gasteiger partial charge in [-0.2, -0.15) is 0 Å². The zero-order chi connectivity index (χ0) is 14.3. The highest BCUT2D eigenvalue weighted by atomic mass is 35.5. The van der Waals surface area contributed by atoms with Crippen LogP contribution in [0, 0.1) is 5.82 Å². The summed E-state index contributed by atoms with van der Waals surface area (Å²) < 4.78 is 18.4.